The average molecular weight is 308 g/mol. The molecule has 1 aliphatic carbocycles. The quantitative estimate of drug-likeness (QED) is 0.744. The molecule has 1 saturated carbocycles. The van der Waals surface area contributed by atoms with Gasteiger partial charge in [0.25, 0.3) is 0 Å². The van der Waals surface area contributed by atoms with Gasteiger partial charge in [0, 0.05) is 42.7 Å². The van der Waals surface area contributed by atoms with E-state index in [0.29, 0.717) is 30.0 Å². The number of hydrogen-bond acceptors (Lipinski definition) is 3. The van der Waals surface area contributed by atoms with Gasteiger partial charge in [0.15, 0.2) is 0 Å². The minimum atomic E-state index is -0.196. The molecular weight excluding hydrogens is 284 g/mol. The number of aliphatic hydroxyl groups excluding tert-OH is 1. The van der Waals surface area contributed by atoms with Gasteiger partial charge in [-0.05, 0) is 37.3 Å². The highest BCUT2D eigenvalue weighted by Crippen LogP contribution is 2.67. The van der Waals surface area contributed by atoms with E-state index >= 15 is 0 Å². The van der Waals surface area contributed by atoms with E-state index in [2.05, 4.69) is 54.1 Å². The number of benzene rings is 1. The topological polar surface area (TPSA) is 26.7 Å². The van der Waals surface area contributed by atoms with Gasteiger partial charge in [-0.1, -0.05) is 29.8 Å². The molecule has 1 N–H and O–H groups in total. The Balaban J connectivity index is 1.62. The second kappa shape index (κ2) is 3.84. The summed E-state index contributed by atoms with van der Waals surface area (Å²) in [5.41, 5.74) is 4.32. The summed E-state index contributed by atoms with van der Waals surface area (Å²) < 4.78 is 0. The van der Waals surface area contributed by atoms with Gasteiger partial charge < -0.3 is 10.0 Å². The predicted molar refractivity (Wildman–Crippen MR) is 90.6 cm³/mol. The maximum atomic E-state index is 11.6. The first-order valence-corrected chi connectivity index (χ1v) is 9.09. The fraction of sp³-hybridized carbons (Fsp3) is 0.600. The maximum absolute atomic E-state index is 11.6. The van der Waals surface area contributed by atoms with E-state index in [0.717, 1.165) is 13.0 Å². The molecule has 5 aliphatic heterocycles. The first-order chi connectivity index (χ1) is 11.2. The minimum absolute atomic E-state index is 0.0280. The molecule has 120 valence electrons. The third-order valence-electron chi connectivity index (χ3n) is 8.00. The fourth-order valence-electron chi connectivity index (χ4n) is 7.35. The number of aliphatic hydroxyl groups is 1. The van der Waals surface area contributed by atoms with Gasteiger partial charge in [0.2, 0.25) is 0 Å². The second-order valence-electron chi connectivity index (χ2n) is 8.35. The molecule has 5 bridgehead atoms. The van der Waals surface area contributed by atoms with E-state index < -0.39 is 0 Å². The van der Waals surface area contributed by atoms with Crippen molar-refractivity contribution in [3.05, 3.63) is 41.5 Å². The van der Waals surface area contributed by atoms with Gasteiger partial charge in [-0.3, -0.25) is 4.90 Å². The number of likely N-dealkylation sites (N-methyl/N-ethyl adjacent to an activating group) is 1. The Hall–Kier alpha value is -1.32. The van der Waals surface area contributed by atoms with Crippen molar-refractivity contribution in [2.75, 3.05) is 18.5 Å². The maximum Gasteiger partial charge on any atom is 0.0707 e. The lowest BCUT2D eigenvalue weighted by atomic mass is 9.65. The number of para-hydroxylation sites is 1. The van der Waals surface area contributed by atoms with E-state index in [4.69, 9.17) is 0 Å². The zero-order valence-corrected chi connectivity index (χ0v) is 13.8. The van der Waals surface area contributed by atoms with Gasteiger partial charge in [-0.2, -0.15) is 0 Å². The largest absolute Gasteiger partial charge is 0.392 e. The normalized spacial score (nSPS) is 53.1. The molecule has 3 nitrogen and oxygen atoms in total. The Morgan fingerprint density at radius 3 is 2.91 bits per heavy atom. The summed E-state index contributed by atoms with van der Waals surface area (Å²) in [4.78, 5) is 5.25. The molecule has 1 aromatic carbocycles. The monoisotopic (exact) mass is 308 g/mol. The van der Waals surface area contributed by atoms with Crippen LogP contribution in [0.2, 0.25) is 0 Å². The summed E-state index contributed by atoms with van der Waals surface area (Å²) in [6.07, 6.45) is 4.51. The summed E-state index contributed by atoms with van der Waals surface area (Å²) in [6.45, 7) is 3.31. The van der Waals surface area contributed by atoms with Crippen LogP contribution in [-0.2, 0) is 5.41 Å². The summed E-state index contributed by atoms with van der Waals surface area (Å²) >= 11 is 0. The van der Waals surface area contributed by atoms with Crippen LogP contribution in [0.15, 0.2) is 35.9 Å². The summed E-state index contributed by atoms with van der Waals surface area (Å²) in [5, 5.41) is 11.6. The minimum Gasteiger partial charge on any atom is -0.392 e. The summed E-state index contributed by atoms with van der Waals surface area (Å²) in [6, 6.07) is 10.5. The van der Waals surface area contributed by atoms with E-state index in [1.807, 2.05) is 0 Å². The molecule has 4 saturated heterocycles. The van der Waals surface area contributed by atoms with E-state index in [9.17, 15) is 5.11 Å². The number of anilines is 1. The molecule has 7 rings (SSSR count). The molecule has 5 heterocycles. The zero-order valence-electron chi connectivity index (χ0n) is 13.8. The lowest BCUT2D eigenvalue weighted by Crippen LogP contribution is -2.68. The molecule has 23 heavy (non-hydrogen) atoms. The molecule has 8 unspecified atom stereocenters. The molecule has 0 aromatic heterocycles. The Labute approximate surface area is 137 Å². The Morgan fingerprint density at radius 1 is 1.26 bits per heavy atom. The fourth-order valence-corrected chi connectivity index (χ4v) is 7.35. The number of fused-ring (bicyclic) bond motifs is 2. The van der Waals surface area contributed by atoms with Crippen molar-refractivity contribution in [2.45, 2.75) is 49.4 Å². The molecule has 1 aromatic rings. The predicted octanol–water partition coefficient (Wildman–Crippen LogP) is 2.16. The number of nitrogens with zero attached hydrogens (tertiary/aromatic N) is 2. The average Bonchev–Trinajstić information content (AvgIpc) is 2.98. The summed E-state index contributed by atoms with van der Waals surface area (Å²) in [5.74, 6) is 1.05. The van der Waals surface area contributed by atoms with E-state index in [-0.39, 0.29) is 11.5 Å². The second-order valence-corrected chi connectivity index (χ2v) is 8.35. The molecule has 8 atom stereocenters. The van der Waals surface area contributed by atoms with Crippen molar-refractivity contribution in [1.82, 2.24) is 4.90 Å². The lowest BCUT2D eigenvalue weighted by Gasteiger charge is -2.58. The van der Waals surface area contributed by atoms with Crippen LogP contribution < -0.4 is 4.90 Å². The molecule has 3 heteroatoms. The highest BCUT2D eigenvalue weighted by Gasteiger charge is 2.74. The Bertz CT molecular complexity index is 743. The SMILES string of the molecule is C/C=C1/CN2C3CC45c6ccccc6N(C)C4C2CC1C3C5O. The van der Waals surface area contributed by atoms with Crippen LogP contribution in [0.1, 0.15) is 25.3 Å². The van der Waals surface area contributed by atoms with Crippen LogP contribution in [-0.4, -0.2) is 47.8 Å². The molecular formula is C20H24N2O. The number of rotatable bonds is 0. The van der Waals surface area contributed by atoms with Crippen molar-refractivity contribution in [3.8, 4) is 0 Å². The van der Waals surface area contributed by atoms with Crippen molar-refractivity contribution in [2.24, 2.45) is 11.8 Å². The van der Waals surface area contributed by atoms with Crippen molar-refractivity contribution < 1.29 is 5.11 Å². The van der Waals surface area contributed by atoms with Gasteiger partial charge >= 0.3 is 0 Å². The smallest absolute Gasteiger partial charge is 0.0707 e. The van der Waals surface area contributed by atoms with Crippen LogP contribution in [0.3, 0.4) is 0 Å². The first-order valence-electron chi connectivity index (χ1n) is 9.09. The molecule has 5 fully saturated rings. The third-order valence-corrected chi connectivity index (χ3v) is 8.00. The lowest BCUT2D eigenvalue weighted by molar-refractivity contribution is -0.0345. The number of piperidine rings is 4. The Morgan fingerprint density at radius 2 is 2.09 bits per heavy atom. The van der Waals surface area contributed by atoms with Crippen LogP contribution in [0.5, 0.6) is 0 Å². The van der Waals surface area contributed by atoms with E-state index in [1.165, 1.54) is 17.7 Å². The zero-order chi connectivity index (χ0) is 15.5. The van der Waals surface area contributed by atoms with Crippen LogP contribution in [0.25, 0.3) is 0 Å². The number of hydrogen-bond donors (Lipinski definition) is 1. The molecule has 0 amide bonds. The molecule has 0 radical (unpaired) electrons. The van der Waals surface area contributed by atoms with Crippen LogP contribution in [0, 0.1) is 11.8 Å². The van der Waals surface area contributed by atoms with E-state index in [1.54, 1.807) is 5.57 Å². The van der Waals surface area contributed by atoms with Gasteiger partial charge in [0.1, 0.15) is 0 Å². The van der Waals surface area contributed by atoms with Crippen molar-refractivity contribution >= 4 is 5.69 Å². The number of allylic oxidation sites excluding steroid dienone is 1. The highest BCUT2D eigenvalue weighted by molar-refractivity contribution is 5.67. The van der Waals surface area contributed by atoms with Gasteiger partial charge in [0.05, 0.1) is 12.1 Å². The van der Waals surface area contributed by atoms with Crippen molar-refractivity contribution in [3.63, 3.8) is 0 Å². The summed E-state index contributed by atoms with van der Waals surface area (Å²) in [7, 11) is 2.25. The molecule has 1 spiro atoms. The highest BCUT2D eigenvalue weighted by atomic mass is 16.3. The van der Waals surface area contributed by atoms with Crippen molar-refractivity contribution in [1.29, 1.82) is 0 Å². The van der Waals surface area contributed by atoms with Gasteiger partial charge in [-0.25, -0.2) is 0 Å². The standard InChI is InChI=1S/C20H24N2O/c1-3-11-10-22-15-8-12(11)17-16(22)9-20(19(17)23)13-6-4-5-7-14(13)21(2)18(15)20/h3-7,12,15-19,23H,8-10H2,1-2H3/b11-3-. The molecule has 6 aliphatic rings. The Kier molecular flexibility index (Phi) is 2.17. The van der Waals surface area contributed by atoms with Gasteiger partial charge in [-0.15, -0.1) is 0 Å². The first kappa shape index (κ1) is 13.0. The van der Waals surface area contributed by atoms with Crippen LogP contribution in [0.4, 0.5) is 5.69 Å². The van der Waals surface area contributed by atoms with Crippen LogP contribution >= 0.6 is 0 Å². The third kappa shape index (κ3) is 1.17.